The Morgan fingerprint density at radius 1 is 1.11 bits per heavy atom. The highest BCUT2D eigenvalue weighted by atomic mass is 16.5. The minimum Gasteiger partial charge on any atom is -0.490 e. The molecule has 1 heterocycles. The average molecular weight is 263 g/mol. The molecule has 2 rings (SSSR count). The maximum atomic E-state index is 8.94. The lowest BCUT2D eigenvalue weighted by Gasteiger charge is -2.11. The number of ether oxygens (including phenoxy) is 2. The molecular weight excluding hydrogens is 242 g/mol. The Morgan fingerprint density at radius 2 is 1.79 bits per heavy atom. The van der Waals surface area contributed by atoms with Gasteiger partial charge in [-0.3, -0.25) is 0 Å². The van der Waals surface area contributed by atoms with Crippen molar-refractivity contribution in [1.82, 2.24) is 4.98 Å². The van der Waals surface area contributed by atoms with Crippen molar-refractivity contribution in [3.05, 3.63) is 23.9 Å². The van der Waals surface area contributed by atoms with Gasteiger partial charge in [0.25, 0.3) is 0 Å². The molecule has 0 aliphatic heterocycles. The van der Waals surface area contributed by atoms with Crippen LogP contribution in [0.15, 0.2) is 18.3 Å². The highest BCUT2D eigenvalue weighted by molar-refractivity contribution is 5.86. The number of hydrogen-bond donors (Lipinski definition) is 2. The largest absolute Gasteiger partial charge is 0.490 e. The second-order valence-corrected chi connectivity index (χ2v) is 4.35. The predicted molar refractivity (Wildman–Crippen MR) is 76.0 cm³/mol. The first-order chi connectivity index (χ1) is 9.30. The van der Waals surface area contributed by atoms with Gasteiger partial charge in [-0.2, -0.15) is 0 Å². The van der Waals surface area contributed by atoms with E-state index in [-0.39, 0.29) is 6.61 Å². The van der Waals surface area contributed by atoms with Gasteiger partial charge >= 0.3 is 0 Å². The van der Waals surface area contributed by atoms with Gasteiger partial charge in [0, 0.05) is 29.8 Å². The normalized spacial score (nSPS) is 10.9. The summed E-state index contributed by atoms with van der Waals surface area (Å²) >= 11 is 0. The van der Waals surface area contributed by atoms with Crippen LogP contribution >= 0.6 is 0 Å². The maximum Gasteiger partial charge on any atom is 0.163 e. The fourth-order valence-electron chi connectivity index (χ4n) is 2.20. The van der Waals surface area contributed by atoms with Crippen molar-refractivity contribution in [2.45, 2.75) is 26.7 Å². The van der Waals surface area contributed by atoms with Gasteiger partial charge in [0.15, 0.2) is 11.5 Å². The van der Waals surface area contributed by atoms with Gasteiger partial charge in [-0.05, 0) is 38.3 Å². The number of fused-ring (bicyclic) bond motifs is 1. The minimum atomic E-state index is 0.210. The molecule has 4 nitrogen and oxygen atoms in total. The lowest BCUT2D eigenvalue weighted by atomic mass is 10.1. The number of aliphatic hydroxyl groups excluding tert-OH is 1. The molecule has 104 valence electrons. The lowest BCUT2D eigenvalue weighted by Crippen LogP contribution is -1.98. The van der Waals surface area contributed by atoms with Crippen LogP contribution < -0.4 is 9.47 Å². The number of benzene rings is 1. The first kappa shape index (κ1) is 13.7. The van der Waals surface area contributed by atoms with Crippen LogP contribution in [0.5, 0.6) is 11.5 Å². The molecule has 2 aromatic rings. The predicted octanol–water partition coefficient (Wildman–Crippen LogP) is 2.89. The van der Waals surface area contributed by atoms with Crippen LogP contribution in [0.2, 0.25) is 0 Å². The zero-order chi connectivity index (χ0) is 13.7. The van der Waals surface area contributed by atoms with Gasteiger partial charge in [0.1, 0.15) is 0 Å². The number of hydrogen-bond acceptors (Lipinski definition) is 3. The molecule has 1 aromatic heterocycles. The SMILES string of the molecule is CCOc1cc2[nH]cc(CCCO)c2cc1OCC. The lowest BCUT2D eigenvalue weighted by molar-refractivity contribution is 0.288. The van der Waals surface area contributed by atoms with E-state index in [1.165, 1.54) is 5.56 Å². The summed E-state index contributed by atoms with van der Waals surface area (Å²) < 4.78 is 11.2. The summed E-state index contributed by atoms with van der Waals surface area (Å²) in [4.78, 5) is 3.25. The number of H-pyrrole nitrogens is 1. The number of aliphatic hydroxyl groups is 1. The number of aromatic amines is 1. The molecule has 0 fully saturated rings. The summed E-state index contributed by atoms with van der Waals surface area (Å²) in [5, 5.41) is 10.1. The zero-order valence-electron chi connectivity index (χ0n) is 11.5. The highest BCUT2D eigenvalue weighted by Crippen LogP contribution is 2.34. The number of nitrogens with one attached hydrogen (secondary N) is 1. The van der Waals surface area contributed by atoms with Crippen molar-refractivity contribution in [3.63, 3.8) is 0 Å². The standard InChI is InChI=1S/C15H21NO3/c1-3-18-14-8-12-11(6-5-7-17)10-16-13(12)9-15(14)19-4-2/h8-10,16-17H,3-7H2,1-2H3. The minimum absolute atomic E-state index is 0.210. The molecule has 0 unspecified atom stereocenters. The Labute approximate surface area is 113 Å². The van der Waals surface area contributed by atoms with Gasteiger partial charge in [-0.15, -0.1) is 0 Å². The molecule has 0 radical (unpaired) electrons. The van der Waals surface area contributed by atoms with E-state index in [0.29, 0.717) is 13.2 Å². The molecular formula is C15H21NO3. The summed E-state index contributed by atoms with van der Waals surface area (Å²) in [6, 6.07) is 4.00. The van der Waals surface area contributed by atoms with Gasteiger partial charge in [-0.25, -0.2) is 0 Å². The van der Waals surface area contributed by atoms with Crippen LogP contribution in [0.25, 0.3) is 10.9 Å². The quantitative estimate of drug-likeness (QED) is 0.807. The summed E-state index contributed by atoms with van der Waals surface area (Å²) in [6.45, 7) is 5.36. The number of rotatable bonds is 7. The summed E-state index contributed by atoms with van der Waals surface area (Å²) in [7, 11) is 0. The van der Waals surface area contributed by atoms with Crippen molar-refractivity contribution >= 4 is 10.9 Å². The fourth-order valence-corrected chi connectivity index (χ4v) is 2.20. The Kier molecular flexibility index (Phi) is 4.68. The van der Waals surface area contributed by atoms with E-state index in [0.717, 1.165) is 35.2 Å². The molecule has 0 aliphatic rings. The first-order valence-electron chi connectivity index (χ1n) is 6.80. The summed E-state index contributed by atoms with van der Waals surface area (Å²) in [6.07, 6.45) is 3.62. The Hall–Kier alpha value is -1.68. The van der Waals surface area contributed by atoms with Gasteiger partial charge < -0.3 is 19.6 Å². The van der Waals surface area contributed by atoms with Crippen molar-refractivity contribution in [2.24, 2.45) is 0 Å². The second-order valence-electron chi connectivity index (χ2n) is 4.35. The number of aromatic nitrogens is 1. The van der Waals surface area contributed by atoms with E-state index in [1.807, 2.05) is 32.2 Å². The van der Waals surface area contributed by atoms with E-state index in [9.17, 15) is 0 Å². The molecule has 2 N–H and O–H groups in total. The molecule has 19 heavy (non-hydrogen) atoms. The van der Waals surface area contributed by atoms with Crippen molar-refractivity contribution in [1.29, 1.82) is 0 Å². The van der Waals surface area contributed by atoms with Crippen LogP contribution in [0, 0.1) is 0 Å². The average Bonchev–Trinajstić information content (AvgIpc) is 2.79. The van der Waals surface area contributed by atoms with Gasteiger partial charge in [-0.1, -0.05) is 0 Å². The van der Waals surface area contributed by atoms with Crippen molar-refractivity contribution in [3.8, 4) is 11.5 Å². The van der Waals surface area contributed by atoms with Gasteiger partial charge in [0.05, 0.1) is 13.2 Å². The van der Waals surface area contributed by atoms with Gasteiger partial charge in [0.2, 0.25) is 0 Å². The molecule has 0 amide bonds. The molecule has 4 heteroatoms. The summed E-state index contributed by atoms with van der Waals surface area (Å²) in [5.74, 6) is 1.55. The molecule has 0 bridgehead atoms. The molecule has 0 saturated carbocycles. The molecule has 0 saturated heterocycles. The Balaban J connectivity index is 2.40. The smallest absolute Gasteiger partial charge is 0.163 e. The van der Waals surface area contributed by atoms with E-state index in [4.69, 9.17) is 14.6 Å². The fraction of sp³-hybridized carbons (Fsp3) is 0.467. The number of aryl methyl sites for hydroxylation is 1. The van der Waals surface area contributed by atoms with Crippen LogP contribution in [0.4, 0.5) is 0 Å². The third-order valence-electron chi connectivity index (χ3n) is 3.04. The third kappa shape index (κ3) is 3.01. The Morgan fingerprint density at radius 3 is 2.42 bits per heavy atom. The molecule has 0 atom stereocenters. The van der Waals surface area contributed by atoms with Crippen molar-refractivity contribution < 1.29 is 14.6 Å². The van der Waals surface area contributed by atoms with E-state index in [2.05, 4.69) is 4.98 Å². The van der Waals surface area contributed by atoms with E-state index >= 15 is 0 Å². The van der Waals surface area contributed by atoms with Crippen LogP contribution in [0.3, 0.4) is 0 Å². The molecule has 1 aromatic carbocycles. The zero-order valence-corrected chi connectivity index (χ0v) is 11.5. The summed E-state index contributed by atoms with van der Waals surface area (Å²) in [5.41, 5.74) is 2.24. The first-order valence-corrected chi connectivity index (χ1v) is 6.80. The maximum absolute atomic E-state index is 8.94. The Bertz CT molecular complexity index is 533. The van der Waals surface area contributed by atoms with Crippen molar-refractivity contribution in [2.75, 3.05) is 19.8 Å². The van der Waals surface area contributed by atoms with E-state index < -0.39 is 0 Å². The molecule has 0 aliphatic carbocycles. The molecule has 0 spiro atoms. The third-order valence-corrected chi connectivity index (χ3v) is 3.04. The van der Waals surface area contributed by atoms with Crippen LogP contribution in [-0.2, 0) is 6.42 Å². The highest BCUT2D eigenvalue weighted by Gasteiger charge is 2.11. The van der Waals surface area contributed by atoms with Crippen LogP contribution in [0.1, 0.15) is 25.8 Å². The second kappa shape index (κ2) is 6.48. The monoisotopic (exact) mass is 263 g/mol. The van der Waals surface area contributed by atoms with Crippen LogP contribution in [-0.4, -0.2) is 29.9 Å². The topological polar surface area (TPSA) is 54.5 Å². The van der Waals surface area contributed by atoms with E-state index in [1.54, 1.807) is 0 Å².